The van der Waals surface area contributed by atoms with Gasteiger partial charge in [0.1, 0.15) is 17.8 Å². The number of carbonyl (C=O) groups excluding carboxylic acids is 2. The van der Waals surface area contributed by atoms with Crippen molar-refractivity contribution in [1.29, 1.82) is 0 Å². The normalized spacial score (nSPS) is 13.0. The minimum Gasteiger partial charge on any atom is -0.508 e. The number of rotatable bonds is 16. The smallest absolute Gasteiger partial charge is 0.326 e. The van der Waals surface area contributed by atoms with E-state index in [9.17, 15) is 24.6 Å². The predicted octanol–water partition coefficient (Wildman–Crippen LogP) is 5.15. The number of phenols is 1. The van der Waals surface area contributed by atoms with Gasteiger partial charge in [-0.15, -0.1) is 0 Å². The van der Waals surface area contributed by atoms with Crippen molar-refractivity contribution in [1.82, 2.24) is 25.9 Å². The molecule has 6 rings (SSSR count). The average Bonchev–Trinajstić information content (AvgIpc) is 3.71. The van der Waals surface area contributed by atoms with E-state index >= 15 is 0 Å². The van der Waals surface area contributed by atoms with Gasteiger partial charge in [0.05, 0.1) is 17.9 Å². The molecule has 0 aliphatic carbocycles. The second-order valence-electron chi connectivity index (χ2n) is 12.8. The lowest BCUT2D eigenvalue weighted by atomic mass is 9.76. The van der Waals surface area contributed by atoms with Gasteiger partial charge in [-0.25, -0.2) is 9.78 Å². The van der Waals surface area contributed by atoms with Gasteiger partial charge >= 0.3 is 5.97 Å². The van der Waals surface area contributed by atoms with Gasteiger partial charge in [-0.05, 0) is 39.9 Å². The number of carbonyl (C=O) groups is 3. The maximum absolute atomic E-state index is 14.8. The predicted molar refractivity (Wildman–Crippen MR) is 202 cm³/mol. The zero-order valence-electron chi connectivity index (χ0n) is 28.9. The number of aromatic hydroxyl groups is 1. The van der Waals surface area contributed by atoms with Crippen LogP contribution in [0, 0.1) is 0 Å². The molecule has 2 amide bonds. The number of hydrogen-bond donors (Lipinski definition) is 6. The van der Waals surface area contributed by atoms with Crippen molar-refractivity contribution in [2.45, 2.75) is 42.9 Å². The molecule has 10 heteroatoms. The number of aliphatic carboxylic acids is 1. The summed E-state index contributed by atoms with van der Waals surface area (Å²) in [5.74, 6) is -2.29. The molecule has 0 aliphatic rings. The molecular formula is C43H41N5O5. The first-order valence-electron chi connectivity index (χ1n) is 17.4. The van der Waals surface area contributed by atoms with Crippen molar-refractivity contribution in [2.24, 2.45) is 0 Å². The third-order valence-electron chi connectivity index (χ3n) is 9.21. The maximum Gasteiger partial charge on any atom is 0.326 e. The number of nitrogens with one attached hydrogen (secondary N) is 4. The quantitative estimate of drug-likeness (QED) is 0.0761. The van der Waals surface area contributed by atoms with E-state index in [0.29, 0.717) is 11.3 Å². The SMILES string of the molecule is O=C(O)[C@H](Cc1ccc(O)cc1)NC(=O)[C@H](Cc1ccccc1)NC(=O)[C@H](Cc1cnc[nH]1)NC(c1ccccc1)(c1ccccc1)c1ccccc1. The van der Waals surface area contributed by atoms with E-state index in [1.54, 1.807) is 24.7 Å². The van der Waals surface area contributed by atoms with Crippen LogP contribution in [0.1, 0.15) is 33.5 Å². The molecule has 6 N–H and O–H groups in total. The number of amides is 2. The fraction of sp³-hybridized carbons (Fsp3) is 0.163. The Hall–Kier alpha value is -6.52. The Morgan fingerprint density at radius 1 is 0.585 bits per heavy atom. The van der Waals surface area contributed by atoms with Crippen LogP contribution in [0.25, 0.3) is 0 Å². The van der Waals surface area contributed by atoms with E-state index in [1.807, 2.05) is 121 Å². The molecule has 53 heavy (non-hydrogen) atoms. The average molecular weight is 708 g/mol. The van der Waals surface area contributed by atoms with Crippen LogP contribution < -0.4 is 16.0 Å². The van der Waals surface area contributed by atoms with Crippen molar-refractivity contribution in [3.8, 4) is 5.75 Å². The zero-order valence-corrected chi connectivity index (χ0v) is 28.9. The van der Waals surface area contributed by atoms with Crippen molar-refractivity contribution >= 4 is 17.8 Å². The number of nitrogens with zero attached hydrogens (tertiary/aromatic N) is 1. The number of benzene rings is 5. The highest BCUT2D eigenvalue weighted by Crippen LogP contribution is 2.37. The first-order valence-corrected chi connectivity index (χ1v) is 17.4. The van der Waals surface area contributed by atoms with E-state index in [0.717, 1.165) is 22.3 Å². The minimum atomic E-state index is -1.29. The molecular weight excluding hydrogens is 667 g/mol. The number of carboxylic acid groups (broad SMARTS) is 1. The highest BCUT2D eigenvalue weighted by molar-refractivity contribution is 5.92. The van der Waals surface area contributed by atoms with Crippen molar-refractivity contribution < 1.29 is 24.6 Å². The number of aromatic nitrogens is 2. The molecule has 6 aromatic rings. The number of H-pyrrole nitrogens is 1. The molecule has 0 bridgehead atoms. The molecule has 1 aromatic heterocycles. The van der Waals surface area contributed by atoms with Gasteiger partial charge in [0.2, 0.25) is 11.8 Å². The van der Waals surface area contributed by atoms with Crippen molar-refractivity contribution in [2.75, 3.05) is 0 Å². The first kappa shape index (κ1) is 36.3. The largest absolute Gasteiger partial charge is 0.508 e. The summed E-state index contributed by atoms with van der Waals surface area (Å²) < 4.78 is 0. The van der Waals surface area contributed by atoms with E-state index in [2.05, 4.69) is 25.9 Å². The van der Waals surface area contributed by atoms with E-state index < -0.39 is 41.4 Å². The summed E-state index contributed by atoms with van der Waals surface area (Å²) in [6.07, 6.45) is 3.49. The number of aromatic amines is 1. The van der Waals surface area contributed by atoms with Gasteiger partial charge in [0.15, 0.2) is 0 Å². The second-order valence-corrected chi connectivity index (χ2v) is 12.8. The fourth-order valence-corrected chi connectivity index (χ4v) is 6.57. The van der Waals surface area contributed by atoms with Gasteiger partial charge in [0.25, 0.3) is 0 Å². The Labute approximate surface area is 308 Å². The van der Waals surface area contributed by atoms with E-state index in [1.165, 1.54) is 12.1 Å². The summed E-state index contributed by atoms with van der Waals surface area (Å²) >= 11 is 0. The maximum atomic E-state index is 14.8. The number of imidazole rings is 1. The van der Waals surface area contributed by atoms with Crippen LogP contribution in [0.2, 0.25) is 0 Å². The summed E-state index contributed by atoms with van der Waals surface area (Å²) in [5, 5.41) is 29.2. The summed E-state index contributed by atoms with van der Waals surface area (Å²) in [6.45, 7) is 0. The van der Waals surface area contributed by atoms with E-state index in [4.69, 9.17) is 0 Å². The standard InChI is InChI=1S/C43H41N5O5/c49-36-23-21-31(22-24-36)26-39(42(52)53)47-40(50)37(25-30-13-5-1-6-14-30)46-41(51)38(27-35-28-44-29-45-35)48-43(32-15-7-2-8-16-32,33-17-9-3-10-18-33)34-19-11-4-12-20-34/h1-24,28-29,37-39,48-49H,25-27H2,(H,44,45)(H,46,51)(H,47,50)(H,52,53)/t37-,38-,39-/m0/s1. The van der Waals surface area contributed by atoms with Crippen LogP contribution in [-0.4, -0.2) is 56.1 Å². The lowest BCUT2D eigenvalue weighted by Crippen LogP contribution is -2.60. The monoisotopic (exact) mass is 707 g/mol. The Morgan fingerprint density at radius 2 is 1.04 bits per heavy atom. The van der Waals surface area contributed by atoms with Crippen LogP contribution >= 0.6 is 0 Å². The van der Waals surface area contributed by atoms with Crippen molar-refractivity contribution in [3.63, 3.8) is 0 Å². The summed E-state index contributed by atoms with van der Waals surface area (Å²) in [5.41, 5.74) is 3.78. The molecule has 0 unspecified atom stereocenters. The lowest BCUT2D eigenvalue weighted by molar-refractivity contribution is -0.142. The van der Waals surface area contributed by atoms with Crippen LogP contribution in [0.4, 0.5) is 0 Å². The zero-order chi connectivity index (χ0) is 37.0. The summed E-state index contributed by atoms with van der Waals surface area (Å²) in [6, 6.07) is 41.7. The molecule has 5 aromatic carbocycles. The van der Waals surface area contributed by atoms with Gasteiger partial charge in [0, 0.05) is 31.2 Å². The van der Waals surface area contributed by atoms with Crippen molar-refractivity contribution in [3.05, 3.63) is 192 Å². The number of hydrogen-bond acceptors (Lipinski definition) is 6. The lowest BCUT2D eigenvalue weighted by Gasteiger charge is -2.40. The van der Waals surface area contributed by atoms with Gasteiger partial charge in [-0.3, -0.25) is 14.9 Å². The number of phenolic OH excluding ortho intramolecular Hbond substituents is 1. The first-order chi connectivity index (χ1) is 25.8. The molecule has 0 radical (unpaired) electrons. The molecule has 0 aliphatic heterocycles. The number of carboxylic acids is 1. The topological polar surface area (TPSA) is 156 Å². The molecule has 0 saturated heterocycles. The van der Waals surface area contributed by atoms with Crippen LogP contribution in [0.15, 0.2) is 158 Å². The Balaban J connectivity index is 1.37. The van der Waals surface area contributed by atoms with Gasteiger partial charge in [-0.2, -0.15) is 0 Å². The van der Waals surface area contributed by atoms with Crippen LogP contribution in [0.3, 0.4) is 0 Å². The highest BCUT2D eigenvalue weighted by Gasteiger charge is 2.41. The molecule has 10 nitrogen and oxygen atoms in total. The summed E-state index contributed by atoms with van der Waals surface area (Å²) in [7, 11) is 0. The minimum absolute atomic E-state index is 0.0227. The molecule has 1 heterocycles. The molecule has 268 valence electrons. The Bertz CT molecular complexity index is 1960. The van der Waals surface area contributed by atoms with E-state index in [-0.39, 0.29) is 25.0 Å². The molecule has 0 saturated carbocycles. The fourth-order valence-electron chi connectivity index (χ4n) is 6.57. The van der Waals surface area contributed by atoms with Gasteiger partial charge < -0.3 is 25.8 Å². The van der Waals surface area contributed by atoms with Gasteiger partial charge in [-0.1, -0.05) is 133 Å². The molecule has 0 spiro atoms. The Morgan fingerprint density at radius 3 is 1.53 bits per heavy atom. The molecule has 0 fully saturated rings. The third-order valence-corrected chi connectivity index (χ3v) is 9.21. The third kappa shape index (κ3) is 9.05. The second kappa shape index (κ2) is 17.1. The highest BCUT2D eigenvalue weighted by atomic mass is 16.4. The van der Waals surface area contributed by atoms with Crippen LogP contribution in [-0.2, 0) is 39.2 Å². The van der Waals surface area contributed by atoms with Crippen LogP contribution in [0.5, 0.6) is 5.75 Å². The summed E-state index contributed by atoms with van der Waals surface area (Å²) in [4.78, 5) is 48.5. The molecule has 3 atom stereocenters. The Kier molecular flexibility index (Phi) is 11.7.